The van der Waals surface area contributed by atoms with Crippen LogP contribution in [0.5, 0.6) is 0 Å². The van der Waals surface area contributed by atoms with Crippen molar-refractivity contribution in [2.24, 2.45) is 0 Å². The lowest BCUT2D eigenvalue weighted by Gasteiger charge is -2.11. The van der Waals surface area contributed by atoms with Gasteiger partial charge in [-0.25, -0.2) is 54.8 Å². The highest BCUT2D eigenvalue weighted by molar-refractivity contribution is 5.94. The van der Waals surface area contributed by atoms with Crippen molar-refractivity contribution < 1.29 is 19.7 Å². The van der Waals surface area contributed by atoms with Gasteiger partial charge in [-0.2, -0.15) is 0 Å². The van der Waals surface area contributed by atoms with Crippen LogP contribution < -0.4 is 34.4 Å². The van der Waals surface area contributed by atoms with E-state index in [1.54, 1.807) is 38.1 Å². The fourth-order valence-electron chi connectivity index (χ4n) is 11.2. The summed E-state index contributed by atoms with van der Waals surface area (Å²) in [5.74, 6) is 0. The molecule has 0 aliphatic rings. The Morgan fingerprint density at radius 2 is 0.611 bits per heavy atom. The quantitative estimate of drug-likeness (QED) is 0.0467. The number of benzene rings is 10. The molecule has 6 aromatic heterocycles. The first kappa shape index (κ1) is 73.8. The highest BCUT2D eigenvalue weighted by atomic mass is 16.6. The summed E-state index contributed by atoms with van der Waals surface area (Å²) in [7, 11) is 0. The zero-order chi connectivity index (χ0) is 77.0. The van der Waals surface area contributed by atoms with E-state index in [9.17, 15) is 40.5 Å². The van der Waals surface area contributed by atoms with E-state index < -0.39 is 19.7 Å². The van der Waals surface area contributed by atoms with Gasteiger partial charge in [0.15, 0.2) is 22.1 Å². The molecule has 536 valence electrons. The van der Waals surface area contributed by atoms with Crippen LogP contribution in [0.1, 0.15) is 34.0 Å². The molecule has 0 saturated carbocycles. The smallest absolute Gasteiger partial charge is 0.319 e. The molecule has 10 aromatic carbocycles. The molecule has 108 heavy (non-hydrogen) atoms. The Labute approximate surface area is 614 Å². The molecule has 30 heteroatoms. The second-order valence-corrected chi connectivity index (χ2v) is 24.2. The van der Waals surface area contributed by atoms with E-state index >= 15 is 0 Å². The van der Waals surface area contributed by atoms with Crippen LogP contribution >= 0.6 is 0 Å². The summed E-state index contributed by atoms with van der Waals surface area (Å²) in [6.07, 6.45) is 4.35. The minimum absolute atomic E-state index is 0.0877. The van der Waals surface area contributed by atoms with Crippen LogP contribution in [0.15, 0.2) is 219 Å². The van der Waals surface area contributed by atoms with E-state index in [4.69, 9.17) is 44.4 Å². The molecule has 0 radical (unpaired) electrons. The fourth-order valence-corrected chi connectivity index (χ4v) is 11.2. The monoisotopic (exact) mass is 1440 g/mol. The molecule has 0 saturated heterocycles. The van der Waals surface area contributed by atoms with E-state index in [0.717, 1.165) is 72.8 Å². The minimum Gasteiger partial charge on any atom is -0.399 e. The molecule has 0 spiro atoms. The molecule has 16 aromatic rings. The Morgan fingerprint density at radius 3 is 1.08 bits per heavy atom. The van der Waals surface area contributed by atoms with Crippen molar-refractivity contribution >= 4 is 123 Å². The minimum atomic E-state index is -0.549. The lowest BCUT2D eigenvalue weighted by atomic mass is 10.0. The van der Waals surface area contributed by atoms with Crippen LogP contribution in [0.4, 0.5) is 56.9 Å². The van der Waals surface area contributed by atoms with E-state index in [2.05, 4.69) is 93.2 Å². The number of aromatic nitrogens is 12. The molecule has 30 nitrogen and oxygen atoms in total. The number of anilines is 6. The molecule has 0 fully saturated rings. The van der Waals surface area contributed by atoms with E-state index in [1.807, 2.05) is 136 Å². The van der Waals surface area contributed by atoms with Gasteiger partial charge >= 0.3 is 22.7 Å². The van der Waals surface area contributed by atoms with Crippen LogP contribution in [-0.4, -0.2) is 79.5 Å². The van der Waals surface area contributed by atoms with Crippen LogP contribution in [0.25, 0.3) is 111 Å². The van der Waals surface area contributed by atoms with E-state index in [0.29, 0.717) is 56.2 Å². The summed E-state index contributed by atoms with van der Waals surface area (Å²) in [6.45, 7) is 11.2. The van der Waals surface area contributed by atoms with Gasteiger partial charge in [0.2, 0.25) is 0 Å². The van der Waals surface area contributed by atoms with Gasteiger partial charge in [-0.3, -0.25) is 45.4 Å². The molecule has 0 unspecified atom stereocenters. The molecule has 12 N–H and O–H groups in total. The lowest BCUT2D eigenvalue weighted by Crippen LogP contribution is -2.01. The first-order chi connectivity index (χ1) is 51.8. The number of nitrogens with two attached hydrogens (primary N) is 6. The summed E-state index contributed by atoms with van der Waals surface area (Å²) in [5.41, 5.74) is 53.5. The Bertz CT molecular complexity index is 6130. The number of nitrogen functional groups attached to an aromatic ring is 6. The Morgan fingerprint density at radius 1 is 0.278 bits per heavy atom. The Kier molecular flexibility index (Phi) is 22.1. The number of nitro benzene ring substituents is 4. The number of aryl methyl sites for hydroxylation is 6. The molecular weight excluding hydrogens is 1370 g/mol. The van der Waals surface area contributed by atoms with Crippen molar-refractivity contribution in [2.75, 3.05) is 34.4 Å². The maximum absolute atomic E-state index is 11.2. The summed E-state index contributed by atoms with van der Waals surface area (Å²) in [6, 6.07) is 61.7. The molecule has 0 aliphatic carbocycles. The summed E-state index contributed by atoms with van der Waals surface area (Å²) in [5, 5.41) is 43.6. The fraction of sp³-hybridized carbons (Fsp3) is 0.0769. The van der Waals surface area contributed by atoms with Crippen LogP contribution in [0.3, 0.4) is 0 Å². The van der Waals surface area contributed by atoms with Crippen LogP contribution in [0.2, 0.25) is 0 Å². The third-order valence-corrected chi connectivity index (χ3v) is 16.5. The SMILES string of the molecule is Cc1ccc(-c2nc3cc(N)ccc3nc2-c2ccccc2)cc1.Cc1cnc2c([N+](=O)[O-])c(N)ccc2n1.Cc1nc2cc(N)ccc2nc1-c1ccccc1.Cc1nc2ccc(N)c([N+](=O)[O-])c2nc1-c1ccccc1.Cc1nc2ccc(N)c([N+](=O)[O-])c2nc1C.Nc1ccc2nccnc2c1[N+](=O)[O-]. The second-order valence-electron chi connectivity index (χ2n) is 24.2. The van der Waals surface area contributed by atoms with Crippen molar-refractivity contribution in [3.05, 3.63) is 293 Å². The van der Waals surface area contributed by atoms with Crippen molar-refractivity contribution in [3.8, 4) is 45.0 Å². The van der Waals surface area contributed by atoms with Gasteiger partial charge in [0.25, 0.3) is 0 Å². The molecular formula is C78H66N22O8. The zero-order valence-corrected chi connectivity index (χ0v) is 58.7. The second kappa shape index (κ2) is 32.3. The lowest BCUT2D eigenvalue weighted by molar-refractivity contribution is -0.382. The maximum atomic E-state index is 11.2. The summed E-state index contributed by atoms with van der Waals surface area (Å²) >= 11 is 0. The largest absolute Gasteiger partial charge is 0.399 e. The summed E-state index contributed by atoms with van der Waals surface area (Å²) in [4.78, 5) is 93.6. The van der Waals surface area contributed by atoms with Gasteiger partial charge in [0, 0.05) is 52.2 Å². The number of nitro groups is 4. The molecule has 0 atom stereocenters. The van der Waals surface area contributed by atoms with Gasteiger partial charge < -0.3 is 34.4 Å². The predicted octanol–water partition coefficient (Wildman–Crippen LogP) is 15.4. The van der Waals surface area contributed by atoms with Crippen molar-refractivity contribution in [3.63, 3.8) is 0 Å². The van der Waals surface area contributed by atoms with Crippen molar-refractivity contribution in [2.45, 2.75) is 41.5 Å². The highest BCUT2D eigenvalue weighted by Crippen LogP contribution is 2.36. The van der Waals surface area contributed by atoms with Gasteiger partial charge in [0.1, 0.15) is 22.7 Å². The number of rotatable bonds is 8. The topological polar surface area (TPSA) is 483 Å². The third kappa shape index (κ3) is 16.7. The zero-order valence-electron chi connectivity index (χ0n) is 58.7. The van der Waals surface area contributed by atoms with Gasteiger partial charge in [-0.15, -0.1) is 0 Å². The number of hydrogen-bond donors (Lipinski definition) is 6. The van der Waals surface area contributed by atoms with E-state index in [1.165, 1.54) is 48.4 Å². The molecule has 6 heterocycles. The number of nitrogens with zero attached hydrogens (tertiary/aromatic N) is 16. The van der Waals surface area contributed by atoms with Crippen LogP contribution in [-0.2, 0) is 0 Å². The average molecular weight is 1440 g/mol. The number of hydrogen-bond acceptors (Lipinski definition) is 26. The van der Waals surface area contributed by atoms with Crippen molar-refractivity contribution in [1.82, 2.24) is 59.8 Å². The Hall–Kier alpha value is -15.4. The molecule has 16 rings (SSSR count). The number of fused-ring (bicyclic) bond motifs is 6. The molecule has 0 bridgehead atoms. The normalized spacial score (nSPS) is 10.6. The molecule has 0 aliphatic heterocycles. The van der Waals surface area contributed by atoms with Gasteiger partial charge in [0.05, 0.1) is 115 Å². The molecule has 0 amide bonds. The standard InChI is InChI=1S/C21H17N3.C15H12N4O2.C15H13N3.C10H10N4O2.C9H8N4O2.C8H6N4O2/c1-14-7-9-16(10-8-14)21-20(15-5-3-2-4-6-15)23-18-12-11-17(22)13-19(18)24-21;1-9-13(10-5-3-2-4-6-10)18-14-12(17-9)8-7-11(16)15(14)19(20)21;1-10-15(11-5-3-2-4-6-11)18-13-8-7-12(16)9-14(13)17-10;1-5-6(2)13-9-8(12-5)4-3-7(11)10(9)14(15)16;1-5-4-11-8-7(12-5)3-2-6(10)9(8)13(14)15;9-5-1-2-6-7(8(5)12(13)14)11-4-3-10-6/h2-13H,22H2,1H3;2-8H,16H2,1H3;2-9H,16H2,1H3;3-4H,11H2,1-2H3;2-4H,10H2,1H3;1-4H,9H2. The van der Waals surface area contributed by atoms with Crippen LogP contribution in [0, 0.1) is 82.0 Å². The Balaban J connectivity index is 0.000000130. The van der Waals surface area contributed by atoms with Gasteiger partial charge in [-0.1, -0.05) is 121 Å². The van der Waals surface area contributed by atoms with Gasteiger partial charge in [-0.05, 0) is 126 Å². The highest BCUT2D eigenvalue weighted by Gasteiger charge is 2.24. The first-order valence-corrected chi connectivity index (χ1v) is 32.9. The third-order valence-electron chi connectivity index (χ3n) is 16.5. The van der Waals surface area contributed by atoms with Crippen molar-refractivity contribution in [1.29, 1.82) is 0 Å². The van der Waals surface area contributed by atoms with E-state index in [-0.39, 0.29) is 67.6 Å². The first-order valence-electron chi connectivity index (χ1n) is 32.9. The maximum Gasteiger partial charge on any atom is 0.319 e. The summed E-state index contributed by atoms with van der Waals surface area (Å²) < 4.78 is 0. The predicted molar refractivity (Wildman–Crippen MR) is 420 cm³/mol. The average Bonchev–Trinajstić information content (AvgIpc) is 0.792.